The number of ether oxygens (including phenoxy) is 1. The minimum absolute atomic E-state index is 0.0623. The molecular weight excluding hydrogens is 372 g/mol. The number of nitrogens with zero attached hydrogens (tertiary/aromatic N) is 4. The van der Waals surface area contributed by atoms with Gasteiger partial charge in [-0.1, -0.05) is 17.8 Å². The highest BCUT2D eigenvalue weighted by Gasteiger charge is 2.30. The van der Waals surface area contributed by atoms with Crippen LogP contribution in [0.1, 0.15) is 53.0 Å². The van der Waals surface area contributed by atoms with Crippen LogP contribution in [0, 0.1) is 0 Å². The van der Waals surface area contributed by atoms with E-state index in [1.165, 1.54) is 19.3 Å². The summed E-state index contributed by atoms with van der Waals surface area (Å²) in [4.78, 5) is 27.1. The second kappa shape index (κ2) is 7.79. The monoisotopic (exact) mass is 398 g/mol. The predicted molar refractivity (Wildman–Crippen MR) is 108 cm³/mol. The molecule has 2 fully saturated rings. The molecule has 2 aromatic rings. The molecule has 0 unspecified atom stereocenters. The highest BCUT2D eigenvalue weighted by atomic mass is 32.1. The van der Waals surface area contributed by atoms with E-state index in [-0.39, 0.29) is 12.0 Å². The van der Waals surface area contributed by atoms with Gasteiger partial charge in [0, 0.05) is 50.1 Å². The molecule has 6 nitrogen and oxygen atoms in total. The van der Waals surface area contributed by atoms with Gasteiger partial charge in [0.25, 0.3) is 11.1 Å². The zero-order chi connectivity index (χ0) is 18.9. The smallest absolute Gasteiger partial charge is 0.273 e. The van der Waals surface area contributed by atoms with Crippen LogP contribution in [-0.4, -0.2) is 57.5 Å². The van der Waals surface area contributed by atoms with Crippen LogP contribution in [0.5, 0.6) is 5.19 Å². The maximum atomic E-state index is 12.7. The summed E-state index contributed by atoms with van der Waals surface area (Å²) in [5.41, 5.74) is 1.79. The number of hydrogen-bond donors (Lipinski definition) is 0. The topological polar surface area (TPSA) is 58.6 Å². The fourth-order valence-corrected chi connectivity index (χ4v) is 5.36. The molecule has 3 aliphatic rings. The molecule has 148 valence electrons. The lowest BCUT2D eigenvalue weighted by Gasteiger charge is -2.41. The lowest BCUT2D eigenvalue weighted by molar-refractivity contribution is 0.0492. The maximum absolute atomic E-state index is 12.7. The molecule has 7 heteroatoms. The van der Waals surface area contributed by atoms with E-state index in [2.05, 4.69) is 9.88 Å². The molecule has 1 saturated carbocycles. The molecule has 0 N–H and O–H groups in total. The van der Waals surface area contributed by atoms with E-state index in [9.17, 15) is 4.79 Å². The molecule has 2 aromatic heterocycles. The molecule has 0 bridgehead atoms. The Morgan fingerprint density at radius 2 is 1.89 bits per heavy atom. The third-order valence-electron chi connectivity index (χ3n) is 6.26. The Labute approximate surface area is 169 Å². The first kappa shape index (κ1) is 18.1. The van der Waals surface area contributed by atoms with Gasteiger partial charge >= 0.3 is 0 Å². The molecule has 0 aromatic carbocycles. The number of aromatic nitrogens is 2. The van der Waals surface area contributed by atoms with Crippen LogP contribution in [0.4, 0.5) is 0 Å². The molecule has 4 heterocycles. The SMILES string of the molecule is O=C(c1ccncc1)N1CCc2nc(OC3CCN(C4CCC4)CC3)sc2C1. The number of amides is 1. The minimum Gasteiger partial charge on any atom is -0.467 e. The summed E-state index contributed by atoms with van der Waals surface area (Å²) >= 11 is 1.61. The van der Waals surface area contributed by atoms with Crippen molar-refractivity contribution < 1.29 is 9.53 Å². The average molecular weight is 399 g/mol. The highest BCUT2D eigenvalue weighted by Crippen LogP contribution is 2.33. The van der Waals surface area contributed by atoms with Crippen molar-refractivity contribution in [2.24, 2.45) is 0 Å². The summed E-state index contributed by atoms with van der Waals surface area (Å²) in [6, 6.07) is 4.38. The minimum atomic E-state index is 0.0623. The van der Waals surface area contributed by atoms with E-state index in [0.717, 1.165) is 54.2 Å². The van der Waals surface area contributed by atoms with Gasteiger partial charge in [-0.05, 0) is 37.8 Å². The average Bonchev–Trinajstić information content (AvgIpc) is 3.09. The van der Waals surface area contributed by atoms with Crippen LogP contribution in [0.25, 0.3) is 0 Å². The first-order valence-corrected chi connectivity index (χ1v) is 11.2. The van der Waals surface area contributed by atoms with Crippen molar-refractivity contribution in [2.75, 3.05) is 19.6 Å². The first-order valence-electron chi connectivity index (χ1n) is 10.3. The Kier molecular flexibility index (Phi) is 5.03. The Hall–Kier alpha value is -1.99. The largest absolute Gasteiger partial charge is 0.467 e. The Morgan fingerprint density at radius 1 is 1.11 bits per heavy atom. The van der Waals surface area contributed by atoms with Crippen LogP contribution >= 0.6 is 11.3 Å². The van der Waals surface area contributed by atoms with Gasteiger partial charge in [0.1, 0.15) is 6.10 Å². The van der Waals surface area contributed by atoms with Crippen molar-refractivity contribution in [1.29, 1.82) is 0 Å². The van der Waals surface area contributed by atoms with E-state index in [1.807, 2.05) is 4.90 Å². The van der Waals surface area contributed by atoms with Gasteiger partial charge in [-0.15, -0.1) is 0 Å². The Balaban J connectivity index is 1.19. The zero-order valence-electron chi connectivity index (χ0n) is 16.0. The molecule has 0 radical (unpaired) electrons. The van der Waals surface area contributed by atoms with Crippen LogP contribution in [0.2, 0.25) is 0 Å². The third kappa shape index (κ3) is 3.65. The van der Waals surface area contributed by atoms with Crippen molar-refractivity contribution in [3.05, 3.63) is 40.7 Å². The number of fused-ring (bicyclic) bond motifs is 1. The van der Waals surface area contributed by atoms with Crippen LogP contribution in [0.15, 0.2) is 24.5 Å². The lowest BCUT2D eigenvalue weighted by Crippen LogP contribution is -2.46. The van der Waals surface area contributed by atoms with E-state index < -0.39 is 0 Å². The highest BCUT2D eigenvalue weighted by molar-refractivity contribution is 7.13. The second-order valence-electron chi connectivity index (χ2n) is 8.00. The van der Waals surface area contributed by atoms with Gasteiger partial charge in [-0.25, -0.2) is 4.98 Å². The number of rotatable bonds is 4. The normalized spacial score (nSPS) is 21.2. The van der Waals surface area contributed by atoms with Gasteiger partial charge in [0.05, 0.1) is 17.1 Å². The summed E-state index contributed by atoms with van der Waals surface area (Å²) in [5, 5.41) is 0.783. The molecule has 5 rings (SSSR count). The number of pyridine rings is 1. The number of thiazole rings is 1. The summed E-state index contributed by atoms with van der Waals surface area (Å²) in [6.45, 7) is 3.62. The molecule has 1 aliphatic carbocycles. The summed E-state index contributed by atoms with van der Waals surface area (Å²) in [6.07, 6.45) is 10.7. The third-order valence-corrected chi connectivity index (χ3v) is 7.23. The van der Waals surface area contributed by atoms with Crippen LogP contribution in [-0.2, 0) is 13.0 Å². The fraction of sp³-hybridized carbons (Fsp3) is 0.571. The lowest BCUT2D eigenvalue weighted by atomic mass is 9.90. The number of carbonyl (C=O) groups is 1. The number of hydrogen-bond acceptors (Lipinski definition) is 6. The fourth-order valence-electron chi connectivity index (χ4n) is 4.33. The van der Waals surface area contributed by atoms with Gasteiger partial charge in [-0.2, -0.15) is 0 Å². The first-order chi connectivity index (χ1) is 13.8. The molecule has 0 atom stereocenters. The zero-order valence-corrected chi connectivity index (χ0v) is 16.9. The van der Waals surface area contributed by atoms with Crippen molar-refractivity contribution in [3.8, 4) is 5.19 Å². The molecule has 2 aliphatic heterocycles. The van der Waals surface area contributed by atoms with Crippen molar-refractivity contribution in [3.63, 3.8) is 0 Å². The number of carbonyl (C=O) groups excluding carboxylic acids is 1. The van der Waals surface area contributed by atoms with Crippen LogP contribution in [0.3, 0.4) is 0 Å². The van der Waals surface area contributed by atoms with E-state index >= 15 is 0 Å². The van der Waals surface area contributed by atoms with Crippen LogP contribution < -0.4 is 4.74 Å². The standard InChI is InChI=1S/C21H26N4O2S/c26-20(15-4-9-22-10-5-15)25-13-8-18-19(14-25)28-21(23-18)27-17-6-11-24(12-7-17)16-2-1-3-16/h4-5,9-10,16-17H,1-3,6-8,11-14H2. The summed E-state index contributed by atoms with van der Waals surface area (Å²) in [5.74, 6) is 0.0623. The van der Waals surface area contributed by atoms with E-state index in [4.69, 9.17) is 9.72 Å². The predicted octanol–water partition coefficient (Wildman–Crippen LogP) is 3.13. The molecule has 1 amide bonds. The van der Waals surface area contributed by atoms with Gasteiger partial charge in [0.2, 0.25) is 0 Å². The van der Waals surface area contributed by atoms with Crippen molar-refractivity contribution in [1.82, 2.24) is 19.8 Å². The maximum Gasteiger partial charge on any atom is 0.273 e. The molecule has 0 spiro atoms. The Morgan fingerprint density at radius 3 is 2.61 bits per heavy atom. The number of piperidine rings is 1. The summed E-state index contributed by atoms with van der Waals surface area (Å²) < 4.78 is 6.24. The van der Waals surface area contributed by atoms with Gasteiger partial charge in [-0.3, -0.25) is 9.78 Å². The Bertz CT molecular complexity index is 828. The van der Waals surface area contributed by atoms with Crippen molar-refractivity contribution in [2.45, 2.75) is 57.2 Å². The van der Waals surface area contributed by atoms with E-state index in [1.54, 1.807) is 35.9 Å². The quantitative estimate of drug-likeness (QED) is 0.792. The molecule has 28 heavy (non-hydrogen) atoms. The van der Waals surface area contributed by atoms with E-state index in [0.29, 0.717) is 18.7 Å². The molecular formula is C21H26N4O2S. The summed E-state index contributed by atoms with van der Waals surface area (Å²) in [7, 11) is 0. The number of likely N-dealkylation sites (tertiary alicyclic amines) is 1. The van der Waals surface area contributed by atoms with Gasteiger partial charge in [0.15, 0.2) is 0 Å². The second-order valence-corrected chi connectivity index (χ2v) is 9.05. The van der Waals surface area contributed by atoms with Crippen molar-refractivity contribution >= 4 is 17.2 Å². The van der Waals surface area contributed by atoms with Gasteiger partial charge < -0.3 is 14.5 Å². The molecule has 1 saturated heterocycles.